The summed E-state index contributed by atoms with van der Waals surface area (Å²) in [6.07, 6.45) is 1.73. The molecule has 5 heteroatoms. The molecule has 1 spiro atoms. The fraction of sp³-hybridized carbons (Fsp3) is 0.458. The van der Waals surface area contributed by atoms with Gasteiger partial charge in [-0.3, -0.25) is 0 Å². The Morgan fingerprint density at radius 2 is 1.66 bits per heavy atom. The summed E-state index contributed by atoms with van der Waals surface area (Å²) in [7, 11) is 1.70. The van der Waals surface area contributed by atoms with E-state index in [4.69, 9.17) is 9.47 Å². The highest BCUT2D eigenvalue weighted by Crippen LogP contribution is 2.51. The Hall–Kier alpha value is -2.37. The number of piperidine rings is 1. The predicted molar refractivity (Wildman–Crippen MR) is 110 cm³/mol. The number of carbonyl (C=O) groups is 1. The molecule has 2 atom stereocenters. The van der Waals surface area contributed by atoms with Gasteiger partial charge in [0.1, 0.15) is 6.61 Å². The van der Waals surface area contributed by atoms with Crippen LogP contribution in [0, 0.1) is 5.41 Å². The lowest BCUT2D eigenvalue weighted by Gasteiger charge is -2.56. The van der Waals surface area contributed by atoms with Gasteiger partial charge in [-0.1, -0.05) is 48.5 Å². The van der Waals surface area contributed by atoms with Gasteiger partial charge >= 0.3 is 6.09 Å². The second kappa shape index (κ2) is 7.15. The molecule has 1 aliphatic heterocycles. The Morgan fingerprint density at radius 1 is 1.07 bits per heavy atom. The molecule has 1 saturated carbocycles. The molecule has 29 heavy (non-hydrogen) atoms. The average molecular weight is 393 g/mol. The average Bonchev–Trinajstić information content (AvgIpc) is 3.09. The third kappa shape index (κ3) is 2.87. The molecule has 152 valence electrons. The maximum absolute atomic E-state index is 12.7. The van der Waals surface area contributed by atoms with Crippen LogP contribution in [0.2, 0.25) is 0 Å². The van der Waals surface area contributed by atoms with Gasteiger partial charge in [0.15, 0.2) is 0 Å². The van der Waals surface area contributed by atoms with Gasteiger partial charge in [0, 0.05) is 38.0 Å². The number of benzene rings is 2. The zero-order chi connectivity index (χ0) is 20.0. The van der Waals surface area contributed by atoms with E-state index < -0.39 is 0 Å². The summed E-state index contributed by atoms with van der Waals surface area (Å²) in [6.45, 7) is 1.55. The molecule has 2 fully saturated rings. The van der Waals surface area contributed by atoms with E-state index in [-0.39, 0.29) is 29.6 Å². The lowest BCUT2D eigenvalue weighted by Crippen LogP contribution is -2.62. The maximum atomic E-state index is 12.7. The molecule has 2 aromatic rings. The van der Waals surface area contributed by atoms with Gasteiger partial charge in [0.05, 0.1) is 12.2 Å². The zero-order valence-corrected chi connectivity index (χ0v) is 16.7. The Bertz CT molecular complexity index is 873. The molecular weight excluding hydrogens is 366 g/mol. The maximum Gasteiger partial charge on any atom is 0.409 e. The number of methoxy groups -OCH3 is 1. The topological polar surface area (TPSA) is 59.0 Å². The van der Waals surface area contributed by atoms with Crippen molar-refractivity contribution in [3.05, 3.63) is 59.7 Å². The molecule has 2 unspecified atom stereocenters. The number of amides is 1. The van der Waals surface area contributed by atoms with E-state index in [0.29, 0.717) is 26.1 Å². The fourth-order valence-corrected chi connectivity index (χ4v) is 5.50. The van der Waals surface area contributed by atoms with Crippen molar-refractivity contribution in [2.24, 2.45) is 5.41 Å². The van der Waals surface area contributed by atoms with E-state index in [1.54, 1.807) is 12.0 Å². The first-order valence-electron chi connectivity index (χ1n) is 10.4. The number of hydrogen-bond donors (Lipinski definition) is 1. The summed E-state index contributed by atoms with van der Waals surface area (Å²) in [5.74, 6) is 0.0776. The van der Waals surface area contributed by atoms with E-state index in [2.05, 4.69) is 36.4 Å². The number of carbonyl (C=O) groups excluding carboxylic acids is 1. The van der Waals surface area contributed by atoms with Crippen molar-refractivity contribution < 1.29 is 19.4 Å². The first-order chi connectivity index (χ1) is 14.1. The fourth-order valence-electron chi connectivity index (χ4n) is 5.50. The molecule has 0 bridgehead atoms. The number of aliphatic hydroxyl groups is 1. The van der Waals surface area contributed by atoms with Gasteiger partial charge in [-0.2, -0.15) is 0 Å². The lowest BCUT2D eigenvalue weighted by atomic mass is 9.58. The summed E-state index contributed by atoms with van der Waals surface area (Å²) in [6, 6.07) is 16.7. The van der Waals surface area contributed by atoms with Gasteiger partial charge in [-0.05, 0) is 35.1 Å². The molecule has 1 saturated heterocycles. The Labute approximate surface area is 171 Å². The highest BCUT2D eigenvalue weighted by molar-refractivity contribution is 5.79. The second-order valence-electron chi connectivity index (χ2n) is 8.50. The van der Waals surface area contributed by atoms with Crippen molar-refractivity contribution in [2.75, 3.05) is 26.8 Å². The Morgan fingerprint density at radius 3 is 2.21 bits per heavy atom. The largest absolute Gasteiger partial charge is 0.448 e. The number of hydrogen-bond acceptors (Lipinski definition) is 4. The van der Waals surface area contributed by atoms with Crippen LogP contribution in [-0.2, 0) is 9.47 Å². The minimum absolute atomic E-state index is 0.0776. The van der Waals surface area contributed by atoms with Crippen LogP contribution in [0.25, 0.3) is 11.1 Å². The molecule has 1 amide bonds. The van der Waals surface area contributed by atoms with Crippen LogP contribution in [0.1, 0.15) is 36.3 Å². The van der Waals surface area contributed by atoms with Gasteiger partial charge in [0.2, 0.25) is 0 Å². The molecular formula is C24H27NO4. The van der Waals surface area contributed by atoms with Gasteiger partial charge in [-0.15, -0.1) is 0 Å². The standard InChI is InChI=1S/C24H27NO4/c1-28-22-14-21(26)24(22)10-12-25(13-11-24)23(27)29-15-20-18-8-4-2-6-16(18)17-7-3-5-9-19(17)20/h2-9,20-22,26H,10-15H2,1H3. The number of aliphatic hydroxyl groups excluding tert-OH is 1. The normalized spacial score (nSPS) is 24.7. The van der Waals surface area contributed by atoms with Crippen LogP contribution in [0.4, 0.5) is 4.79 Å². The molecule has 2 aliphatic carbocycles. The molecule has 5 nitrogen and oxygen atoms in total. The number of rotatable bonds is 3. The third-order valence-electron chi connectivity index (χ3n) is 7.32. The lowest BCUT2D eigenvalue weighted by molar-refractivity contribution is -0.199. The van der Waals surface area contributed by atoms with E-state index >= 15 is 0 Å². The van der Waals surface area contributed by atoms with Crippen LogP contribution in [0.15, 0.2) is 48.5 Å². The first kappa shape index (κ1) is 18.6. The minimum Gasteiger partial charge on any atom is -0.448 e. The quantitative estimate of drug-likeness (QED) is 0.862. The summed E-state index contributed by atoms with van der Waals surface area (Å²) in [5.41, 5.74) is 4.72. The van der Waals surface area contributed by atoms with Crippen LogP contribution in [0.3, 0.4) is 0 Å². The third-order valence-corrected chi connectivity index (χ3v) is 7.32. The van der Waals surface area contributed by atoms with E-state index in [1.807, 2.05) is 12.1 Å². The monoisotopic (exact) mass is 393 g/mol. The van der Waals surface area contributed by atoms with Crippen molar-refractivity contribution in [1.29, 1.82) is 0 Å². The molecule has 2 aromatic carbocycles. The van der Waals surface area contributed by atoms with Crippen molar-refractivity contribution in [3.63, 3.8) is 0 Å². The summed E-state index contributed by atoms with van der Waals surface area (Å²) >= 11 is 0. The highest BCUT2D eigenvalue weighted by Gasteiger charge is 2.56. The number of nitrogens with zero attached hydrogens (tertiary/aromatic N) is 1. The molecule has 5 rings (SSSR count). The summed E-state index contributed by atoms with van der Waals surface area (Å²) in [5, 5.41) is 10.3. The molecule has 3 aliphatic rings. The Kier molecular flexibility index (Phi) is 4.60. The van der Waals surface area contributed by atoms with Crippen LogP contribution in [-0.4, -0.2) is 55.1 Å². The van der Waals surface area contributed by atoms with E-state index in [0.717, 1.165) is 12.8 Å². The second-order valence-corrected chi connectivity index (χ2v) is 8.50. The van der Waals surface area contributed by atoms with Crippen molar-refractivity contribution in [2.45, 2.75) is 37.4 Å². The van der Waals surface area contributed by atoms with Crippen molar-refractivity contribution in [1.82, 2.24) is 4.90 Å². The minimum atomic E-state index is -0.322. The number of fused-ring (bicyclic) bond motifs is 3. The molecule has 0 radical (unpaired) electrons. The van der Waals surface area contributed by atoms with E-state index in [9.17, 15) is 9.90 Å². The Balaban J connectivity index is 1.24. The smallest absolute Gasteiger partial charge is 0.409 e. The first-order valence-corrected chi connectivity index (χ1v) is 10.4. The van der Waals surface area contributed by atoms with Crippen molar-refractivity contribution >= 4 is 6.09 Å². The van der Waals surface area contributed by atoms with Crippen molar-refractivity contribution in [3.8, 4) is 11.1 Å². The van der Waals surface area contributed by atoms with Gasteiger partial charge in [0.25, 0.3) is 0 Å². The molecule has 1 N–H and O–H groups in total. The van der Waals surface area contributed by atoms with Gasteiger partial charge in [-0.25, -0.2) is 4.79 Å². The predicted octanol–water partition coefficient (Wildman–Crippen LogP) is 3.80. The molecule has 1 heterocycles. The van der Waals surface area contributed by atoms with Crippen LogP contribution < -0.4 is 0 Å². The number of ether oxygens (including phenoxy) is 2. The SMILES string of the molecule is COC1CC(O)C12CCN(C(=O)OCC1c3ccccc3-c3ccccc31)CC2. The number of likely N-dealkylation sites (tertiary alicyclic amines) is 1. The highest BCUT2D eigenvalue weighted by atomic mass is 16.6. The molecule has 0 aromatic heterocycles. The summed E-state index contributed by atoms with van der Waals surface area (Å²) in [4.78, 5) is 14.5. The van der Waals surface area contributed by atoms with Crippen LogP contribution in [0.5, 0.6) is 0 Å². The van der Waals surface area contributed by atoms with E-state index in [1.165, 1.54) is 22.3 Å². The summed E-state index contributed by atoms with van der Waals surface area (Å²) < 4.78 is 11.3. The van der Waals surface area contributed by atoms with Crippen LogP contribution >= 0.6 is 0 Å². The van der Waals surface area contributed by atoms with Gasteiger partial charge < -0.3 is 19.5 Å². The zero-order valence-electron chi connectivity index (χ0n) is 16.7.